The van der Waals surface area contributed by atoms with E-state index in [0.717, 1.165) is 17.4 Å². The number of hydrogen-bond donors (Lipinski definition) is 3. The Hall–Kier alpha value is -2.66. The Morgan fingerprint density at radius 1 is 1.10 bits per heavy atom. The van der Waals surface area contributed by atoms with Crippen molar-refractivity contribution in [1.29, 1.82) is 0 Å². The molecule has 0 aliphatic rings. The van der Waals surface area contributed by atoms with Gasteiger partial charge in [-0.1, -0.05) is 42.5 Å². The van der Waals surface area contributed by atoms with Crippen LogP contribution in [0, 0.1) is 0 Å². The van der Waals surface area contributed by atoms with E-state index >= 15 is 0 Å². The molecule has 5 heteroatoms. The van der Waals surface area contributed by atoms with Gasteiger partial charge >= 0.3 is 5.97 Å². The number of benzene rings is 2. The zero-order valence-corrected chi connectivity index (χ0v) is 11.3. The molecule has 0 fully saturated rings. The van der Waals surface area contributed by atoms with Crippen molar-refractivity contribution in [2.45, 2.75) is 12.5 Å². The summed E-state index contributed by atoms with van der Waals surface area (Å²) in [5.74, 6) is -0.860. The number of aliphatic carboxylic acids is 1. The predicted molar refractivity (Wildman–Crippen MR) is 79.3 cm³/mol. The Balaban J connectivity index is 0.000000235. The fraction of sp³-hybridized carbons (Fsp3) is 0.125. The molecule has 4 N–H and O–H groups in total. The molecule has 21 heavy (non-hydrogen) atoms. The number of hydrogen-bond acceptors (Lipinski definition) is 4. The standard InChI is InChI=1S/C9H11NO3.C7H6O/c10-8(9(12)13)5-6-1-3-7(11)4-2-6;8-6-7-4-2-1-3-5-7/h1-4,8,11H,5,10H2,(H,12,13);1-6H. The summed E-state index contributed by atoms with van der Waals surface area (Å²) in [5.41, 5.74) is 6.85. The van der Waals surface area contributed by atoms with Crippen LogP contribution in [-0.2, 0) is 11.2 Å². The second-order valence-electron chi connectivity index (χ2n) is 4.34. The summed E-state index contributed by atoms with van der Waals surface area (Å²) in [6.07, 6.45) is 1.11. The second kappa shape index (κ2) is 8.50. The van der Waals surface area contributed by atoms with E-state index in [9.17, 15) is 9.59 Å². The van der Waals surface area contributed by atoms with Crippen LogP contribution in [0.25, 0.3) is 0 Å². The topological polar surface area (TPSA) is 101 Å². The molecule has 0 aliphatic carbocycles. The minimum absolute atomic E-state index is 0.160. The van der Waals surface area contributed by atoms with E-state index in [4.69, 9.17) is 15.9 Å². The smallest absolute Gasteiger partial charge is 0.320 e. The van der Waals surface area contributed by atoms with Gasteiger partial charge in [0.25, 0.3) is 0 Å². The van der Waals surface area contributed by atoms with Crippen LogP contribution in [-0.4, -0.2) is 28.5 Å². The normalized spacial score (nSPS) is 10.9. The van der Waals surface area contributed by atoms with E-state index < -0.39 is 12.0 Å². The summed E-state index contributed by atoms with van der Waals surface area (Å²) in [7, 11) is 0. The van der Waals surface area contributed by atoms with Crippen LogP contribution >= 0.6 is 0 Å². The first kappa shape index (κ1) is 16.4. The maximum absolute atomic E-state index is 10.4. The summed E-state index contributed by atoms with van der Waals surface area (Å²) < 4.78 is 0. The van der Waals surface area contributed by atoms with Crippen molar-refractivity contribution in [3.05, 3.63) is 65.7 Å². The average Bonchev–Trinajstić information content (AvgIpc) is 2.51. The predicted octanol–water partition coefficient (Wildman–Crippen LogP) is 1.85. The molecule has 0 amide bonds. The second-order valence-corrected chi connectivity index (χ2v) is 4.34. The number of carbonyl (C=O) groups is 2. The average molecular weight is 287 g/mol. The van der Waals surface area contributed by atoms with Crippen LogP contribution in [0.4, 0.5) is 0 Å². The Labute approximate surface area is 122 Å². The monoisotopic (exact) mass is 287 g/mol. The number of phenolic OH excluding ortho intramolecular Hbond substituents is 1. The first-order chi connectivity index (χ1) is 10.0. The van der Waals surface area contributed by atoms with Crippen LogP contribution in [0.2, 0.25) is 0 Å². The first-order valence-corrected chi connectivity index (χ1v) is 6.29. The molecule has 0 spiro atoms. The third kappa shape index (κ3) is 6.35. The largest absolute Gasteiger partial charge is 0.508 e. The Morgan fingerprint density at radius 3 is 2.10 bits per heavy atom. The molecule has 0 heterocycles. The minimum Gasteiger partial charge on any atom is -0.508 e. The van der Waals surface area contributed by atoms with Gasteiger partial charge in [0.05, 0.1) is 0 Å². The zero-order valence-electron chi connectivity index (χ0n) is 11.3. The highest BCUT2D eigenvalue weighted by molar-refractivity contribution is 5.74. The number of aldehydes is 1. The number of carbonyl (C=O) groups excluding carboxylic acids is 1. The molecule has 0 saturated carbocycles. The summed E-state index contributed by atoms with van der Waals surface area (Å²) in [6.45, 7) is 0. The molecular weight excluding hydrogens is 270 g/mol. The van der Waals surface area contributed by atoms with E-state index in [-0.39, 0.29) is 12.2 Å². The highest BCUT2D eigenvalue weighted by Gasteiger charge is 2.11. The zero-order chi connectivity index (χ0) is 15.7. The maximum Gasteiger partial charge on any atom is 0.320 e. The van der Waals surface area contributed by atoms with Gasteiger partial charge in [0.2, 0.25) is 0 Å². The highest BCUT2D eigenvalue weighted by atomic mass is 16.4. The fourth-order valence-electron chi connectivity index (χ4n) is 1.50. The first-order valence-electron chi connectivity index (χ1n) is 6.29. The Kier molecular flexibility index (Phi) is 6.63. The van der Waals surface area contributed by atoms with Crippen molar-refractivity contribution in [3.8, 4) is 5.75 Å². The van der Waals surface area contributed by atoms with Crippen molar-refractivity contribution in [1.82, 2.24) is 0 Å². The number of carboxylic acids is 1. The van der Waals surface area contributed by atoms with E-state index in [1.807, 2.05) is 18.2 Å². The third-order valence-corrected chi connectivity index (χ3v) is 2.64. The lowest BCUT2D eigenvalue weighted by Gasteiger charge is -2.05. The van der Waals surface area contributed by atoms with Gasteiger partial charge in [0.15, 0.2) is 0 Å². The van der Waals surface area contributed by atoms with Gasteiger partial charge < -0.3 is 15.9 Å². The number of nitrogens with two attached hydrogens (primary N) is 1. The summed E-state index contributed by atoms with van der Waals surface area (Å²) in [4.78, 5) is 20.4. The molecule has 2 aromatic carbocycles. The summed E-state index contributed by atoms with van der Waals surface area (Å²) >= 11 is 0. The van der Waals surface area contributed by atoms with Gasteiger partial charge in [0.1, 0.15) is 18.1 Å². The number of carboxylic acid groups (broad SMARTS) is 1. The van der Waals surface area contributed by atoms with Gasteiger partial charge in [-0.05, 0) is 24.1 Å². The fourth-order valence-corrected chi connectivity index (χ4v) is 1.50. The Bertz CT molecular complexity index is 567. The van der Waals surface area contributed by atoms with Crippen molar-refractivity contribution >= 4 is 12.3 Å². The lowest BCUT2D eigenvalue weighted by molar-refractivity contribution is -0.138. The Morgan fingerprint density at radius 2 is 1.67 bits per heavy atom. The molecular formula is C16H17NO4. The third-order valence-electron chi connectivity index (χ3n) is 2.64. The van der Waals surface area contributed by atoms with Crippen molar-refractivity contribution in [3.63, 3.8) is 0 Å². The van der Waals surface area contributed by atoms with E-state index in [0.29, 0.717) is 0 Å². The van der Waals surface area contributed by atoms with Crippen molar-refractivity contribution in [2.75, 3.05) is 0 Å². The lowest BCUT2D eigenvalue weighted by atomic mass is 10.1. The molecule has 0 aliphatic heterocycles. The van der Waals surface area contributed by atoms with Crippen molar-refractivity contribution in [2.24, 2.45) is 5.73 Å². The van der Waals surface area contributed by atoms with Gasteiger partial charge in [-0.2, -0.15) is 0 Å². The quantitative estimate of drug-likeness (QED) is 0.745. The molecule has 1 unspecified atom stereocenters. The van der Waals surface area contributed by atoms with Gasteiger partial charge in [0, 0.05) is 5.56 Å². The van der Waals surface area contributed by atoms with E-state index in [1.54, 1.807) is 24.3 Å². The molecule has 0 bridgehead atoms. The maximum atomic E-state index is 10.4. The molecule has 2 aromatic rings. The molecule has 110 valence electrons. The number of aromatic hydroxyl groups is 1. The molecule has 2 rings (SSSR count). The van der Waals surface area contributed by atoms with Crippen LogP contribution in [0.15, 0.2) is 54.6 Å². The van der Waals surface area contributed by atoms with Crippen LogP contribution < -0.4 is 5.73 Å². The van der Waals surface area contributed by atoms with Crippen LogP contribution in [0.1, 0.15) is 15.9 Å². The summed E-state index contributed by atoms with van der Waals surface area (Å²) in [5, 5.41) is 17.5. The number of phenols is 1. The molecule has 0 aromatic heterocycles. The van der Waals surface area contributed by atoms with Crippen LogP contribution in [0.5, 0.6) is 5.75 Å². The minimum atomic E-state index is -1.02. The highest BCUT2D eigenvalue weighted by Crippen LogP contribution is 2.10. The lowest BCUT2D eigenvalue weighted by Crippen LogP contribution is -2.32. The van der Waals surface area contributed by atoms with Crippen LogP contribution in [0.3, 0.4) is 0 Å². The van der Waals surface area contributed by atoms with Gasteiger partial charge in [-0.15, -0.1) is 0 Å². The SMILES string of the molecule is NC(Cc1ccc(O)cc1)C(=O)O.O=Cc1ccccc1. The van der Waals surface area contributed by atoms with Gasteiger partial charge in [-0.25, -0.2) is 0 Å². The molecule has 1 atom stereocenters. The van der Waals surface area contributed by atoms with Gasteiger partial charge in [-0.3, -0.25) is 9.59 Å². The van der Waals surface area contributed by atoms with Crippen molar-refractivity contribution < 1.29 is 19.8 Å². The van der Waals surface area contributed by atoms with E-state index in [2.05, 4.69) is 0 Å². The molecule has 0 radical (unpaired) electrons. The molecule has 0 saturated heterocycles. The number of rotatable bonds is 4. The summed E-state index contributed by atoms with van der Waals surface area (Å²) in [6, 6.07) is 14.5. The molecule has 5 nitrogen and oxygen atoms in total. The van der Waals surface area contributed by atoms with E-state index in [1.165, 1.54) is 12.1 Å².